The lowest BCUT2D eigenvalue weighted by Crippen LogP contribution is -2.37. The van der Waals surface area contributed by atoms with Gasteiger partial charge in [-0.05, 0) is 94.0 Å². The Kier molecular flexibility index (Phi) is 16.5. The number of thioether (sulfide) groups is 2. The van der Waals surface area contributed by atoms with E-state index in [4.69, 9.17) is 17.2 Å². The SMILES string of the molecule is C[C@@H](Cc1c[nH]c2ccccc12)C(=O)Nc1cc(C(C)(C)C)cc(CC(=O)c2cccc(C(=O)Nc3cc(C(C)(C)C)cc(NC(=O)[C@@H](N)Cc4c[nH]c5ccccc45)c3SCCN)c2)c1SCCN. The minimum Gasteiger partial charge on any atom is -0.361 e. The topological polar surface area (TPSA) is 214 Å². The Labute approximate surface area is 419 Å². The zero-order valence-corrected chi connectivity index (χ0v) is 42.8. The number of H-pyrrole nitrogens is 2. The van der Waals surface area contributed by atoms with Gasteiger partial charge in [0.05, 0.1) is 28.0 Å². The number of amides is 3. The van der Waals surface area contributed by atoms with Crippen molar-refractivity contribution in [3.8, 4) is 0 Å². The molecule has 5 aromatic carbocycles. The Bertz CT molecular complexity index is 2840. The van der Waals surface area contributed by atoms with Crippen molar-refractivity contribution in [3.05, 3.63) is 148 Å². The van der Waals surface area contributed by atoms with Crippen LogP contribution in [0.15, 0.2) is 119 Å². The minimum absolute atomic E-state index is 0.0225. The van der Waals surface area contributed by atoms with Crippen LogP contribution in [-0.2, 0) is 39.7 Å². The number of nitrogens with two attached hydrogens (primary N) is 3. The molecule has 11 N–H and O–H groups in total. The molecule has 0 saturated heterocycles. The van der Waals surface area contributed by atoms with Gasteiger partial charge in [0.1, 0.15) is 0 Å². The first kappa shape index (κ1) is 51.7. The average molecular weight is 979 g/mol. The van der Waals surface area contributed by atoms with Gasteiger partial charge in [-0.1, -0.05) is 103 Å². The second-order valence-electron chi connectivity index (χ2n) is 19.9. The molecule has 7 aromatic rings. The van der Waals surface area contributed by atoms with E-state index >= 15 is 0 Å². The summed E-state index contributed by atoms with van der Waals surface area (Å²) in [6.45, 7) is 15.2. The molecule has 7 rings (SSSR count). The Morgan fingerprint density at radius 3 is 1.67 bits per heavy atom. The van der Waals surface area contributed by atoms with Crippen LogP contribution in [0.2, 0.25) is 0 Å². The summed E-state index contributed by atoms with van der Waals surface area (Å²) in [5, 5.41) is 11.6. The number of ketones is 1. The van der Waals surface area contributed by atoms with Crippen molar-refractivity contribution in [3.63, 3.8) is 0 Å². The number of carbonyl (C=O) groups is 4. The van der Waals surface area contributed by atoms with Crippen molar-refractivity contribution in [2.24, 2.45) is 23.1 Å². The van der Waals surface area contributed by atoms with Crippen LogP contribution in [0.25, 0.3) is 21.8 Å². The number of hydrogen-bond donors (Lipinski definition) is 8. The molecule has 0 unspecified atom stereocenters. The molecule has 12 nitrogen and oxygen atoms in total. The van der Waals surface area contributed by atoms with E-state index in [2.05, 4.69) is 73.5 Å². The molecular formula is C56H66N8O4S2. The van der Waals surface area contributed by atoms with E-state index in [0.29, 0.717) is 65.0 Å². The predicted molar refractivity (Wildman–Crippen MR) is 291 cm³/mol. The van der Waals surface area contributed by atoms with Gasteiger partial charge in [0, 0.05) is 87.2 Å². The standard InChI is InChI=1S/C56H66N8O4S2/c1-33(23-37-31-60-44-17-10-8-15-41(37)44)52(66)62-46-28-39(55(2,3)4)25-36(50(46)69-21-19-57)27-49(65)34-13-12-14-35(24-34)53(67)63-47-29-40(56(5,6)7)30-48(51(47)70-22-20-58)64-54(68)43(59)26-38-32-61-45-18-11-9-16-42(38)45/h8-18,24-25,28-33,43,60-61H,19-23,26-27,57-59H2,1-7H3,(H,62,66)(H,63,67)(H,64,68)/t33-,43-/m0/s1. The molecule has 0 aliphatic carbocycles. The van der Waals surface area contributed by atoms with Gasteiger partial charge in [0.15, 0.2) is 5.78 Å². The highest BCUT2D eigenvalue weighted by atomic mass is 32.2. The molecule has 2 heterocycles. The number of hydrogen-bond acceptors (Lipinski definition) is 9. The van der Waals surface area contributed by atoms with E-state index < -0.39 is 11.9 Å². The molecule has 0 aliphatic heterocycles. The van der Waals surface area contributed by atoms with Crippen molar-refractivity contribution < 1.29 is 19.2 Å². The second-order valence-corrected chi connectivity index (χ2v) is 22.1. The van der Waals surface area contributed by atoms with E-state index in [1.807, 2.05) is 86.0 Å². The summed E-state index contributed by atoms with van der Waals surface area (Å²) in [5.41, 5.74) is 26.8. The average Bonchev–Trinajstić information content (AvgIpc) is 3.93. The molecule has 14 heteroatoms. The van der Waals surface area contributed by atoms with Gasteiger partial charge in [-0.15, -0.1) is 23.5 Å². The van der Waals surface area contributed by atoms with Gasteiger partial charge >= 0.3 is 0 Å². The Morgan fingerprint density at radius 2 is 1.09 bits per heavy atom. The van der Waals surface area contributed by atoms with Crippen LogP contribution in [0.1, 0.15) is 97.0 Å². The molecule has 0 saturated carbocycles. The summed E-state index contributed by atoms with van der Waals surface area (Å²) in [7, 11) is 0. The van der Waals surface area contributed by atoms with Crippen LogP contribution in [0.5, 0.6) is 0 Å². The fraction of sp³-hybridized carbons (Fsp3) is 0.321. The maximum atomic E-state index is 14.4. The normalized spacial score (nSPS) is 12.8. The van der Waals surface area contributed by atoms with Gasteiger partial charge in [-0.3, -0.25) is 19.2 Å². The van der Waals surface area contributed by atoms with Crippen LogP contribution in [0.3, 0.4) is 0 Å². The fourth-order valence-corrected chi connectivity index (χ4v) is 10.1. The van der Waals surface area contributed by atoms with Crippen LogP contribution < -0.4 is 33.2 Å². The molecule has 3 amide bonds. The highest BCUT2D eigenvalue weighted by molar-refractivity contribution is 7.99. The fourth-order valence-electron chi connectivity index (χ4n) is 8.38. The van der Waals surface area contributed by atoms with Gasteiger partial charge in [0.2, 0.25) is 11.8 Å². The number of carbonyl (C=O) groups excluding carboxylic acids is 4. The van der Waals surface area contributed by atoms with E-state index in [1.54, 1.807) is 24.3 Å². The number of anilines is 3. The second kappa shape index (κ2) is 22.3. The number of aromatic nitrogens is 2. The highest BCUT2D eigenvalue weighted by Gasteiger charge is 2.27. The molecule has 0 fully saturated rings. The summed E-state index contributed by atoms with van der Waals surface area (Å²) >= 11 is 2.94. The number of benzene rings is 5. The van der Waals surface area contributed by atoms with Crippen molar-refractivity contribution >= 4 is 85.9 Å². The molecule has 0 spiro atoms. The zero-order valence-electron chi connectivity index (χ0n) is 41.2. The van der Waals surface area contributed by atoms with Crippen LogP contribution >= 0.6 is 23.5 Å². The van der Waals surface area contributed by atoms with Gasteiger partial charge in [0.25, 0.3) is 5.91 Å². The number of rotatable bonds is 19. The van der Waals surface area contributed by atoms with Crippen molar-refractivity contribution in [1.29, 1.82) is 0 Å². The van der Waals surface area contributed by atoms with E-state index in [-0.39, 0.29) is 46.3 Å². The quantitative estimate of drug-likeness (QED) is 0.0286. The smallest absolute Gasteiger partial charge is 0.255 e. The maximum absolute atomic E-state index is 14.4. The largest absolute Gasteiger partial charge is 0.361 e. The lowest BCUT2D eigenvalue weighted by Gasteiger charge is -2.25. The molecule has 70 heavy (non-hydrogen) atoms. The summed E-state index contributed by atoms with van der Waals surface area (Å²) in [6, 6.07) is 29.7. The summed E-state index contributed by atoms with van der Waals surface area (Å²) < 4.78 is 0. The summed E-state index contributed by atoms with van der Waals surface area (Å²) in [6.07, 6.45) is 4.74. The molecule has 366 valence electrons. The molecule has 2 atom stereocenters. The highest BCUT2D eigenvalue weighted by Crippen LogP contribution is 2.41. The zero-order chi connectivity index (χ0) is 50.3. The number of para-hydroxylation sites is 2. The first-order valence-corrected chi connectivity index (χ1v) is 25.7. The van der Waals surface area contributed by atoms with E-state index in [0.717, 1.165) is 54.5 Å². The third kappa shape index (κ3) is 12.4. The Balaban J connectivity index is 1.14. The lowest BCUT2D eigenvalue weighted by atomic mass is 9.85. The summed E-state index contributed by atoms with van der Waals surface area (Å²) in [5.74, 6) is -0.363. The number of fused-ring (bicyclic) bond motifs is 2. The van der Waals surface area contributed by atoms with Crippen LogP contribution in [-0.4, -0.2) is 64.1 Å². The lowest BCUT2D eigenvalue weighted by molar-refractivity contribution is -0.119. The maximum Gasteiger partial charge on any atom is 0.255 e. The number of nitrogens with one attached hydrogen (secondary N) is 5. The Morgan fingerprint density at radius 1 is 0.586 bits per heavy atom. The van der Waals surface area contributed by atoms with E-state index in [9.17, 15) is 19.2 Å². The first-order valence-electron chi connectivity index (χ1n) is 23.8. The van der Waals surface area contributed by atoms with Gasteiger partial charge in [-0.2, -0.15) is 0 Å². The van der Waals surface area contributed by atoms with Gasteiger partial charge in [-0.25, -0.2) is 0 Å². The third-order valence-corrected chi connectivity index (χ3v) is 14.8. The van der Waals surface area contributed by atoms with E-state index in [1.165, 1.54) is 23.5 Å². The number of aromatic amines is 2. The molecule has 0 radical (unpaired) electrons. The molecular weight excluding hydrogens is 913 g/mol. The van der Waals surface area contributed by atoms with Gasteiger partial charge < -0.3 is 43.1 Å². The van der Waals surface area contributed by atoms with Crippen LogP contribution in [0, 0.1) is 5.92 Å². The van der Waals surface area contributed by atoms with Crippen molar-refractivity contribution in [2.75, 3.05) is 40.5 Å². The monoisotopic (exact) mass is 978 g/mol. The molecule has 0 bridgehead atoms. The van der Waals surface area contributed by atoms with Crippen molar-refractivity contribution in [2.45, 2.75) is 94.4 Å². The predicted octanol–water partition coefficient (Wildman–Crippen LogP) is 10.3. The number of Topliss-reactive ketones (excluding diaryl/α,β-unsaturated/α-hetero) is 1. The van der Waals surface area contributed by atoms with Crippen LogP contribution in [0.4, 0.5) is 17.1 Å². The van der Waals surface area contributed by atoms with Crippen molar-refractivity contribution in [1.82, 2.24) is 9.97 Å². The Hall–Kier alpha value is -6.16. The molecule has 2 aromatic heterocycles. The third-order valence-electron chi connectivity index (χ3n) is 12.4. The summed E-state index contributed by atoms with van der Waals surface area (Å²) in [4.78, 5) is 64.6. The molecule has 0 aliphatic rings. The minimum atomic E-state index is -0.856. The first-order chi connectivity index (χ1) is 33.3.